The summed E-state index contributed by atoms with van der Waals surface area (Å²) in [4.78, 5) is 41.2. The molecule has 0 heterocycles. The number of hydrogen-bond donors (Lipinski definition) is 4. The molecule has 0 fully saturated rings. The largest absolute Gasteiger partial charge is 0.524 e. The summed E-state index contributed by atoms with van der Waals surface area (Å²) >= 11 is 0. The Morgan fingerprint density at radius 1 is 0.868 bits per heavy atom. The Morgan fingerprint density at radius 2 is 1.42 bits per heavy atom. The van der Waals surface area contributed by atoms with Crippen molar-refractivity contribution in [2.75, 3.05) is 0 Å². The summed E-state index contributed by atoms with van der Waals surface area (Å²) in [5.41, 5.74) is 0.547. The van der Waals surface area contributed by atoms with E-state index in [1.54, 1.807) is 12.2 Å². The van der Waals surface area contributed by atoms with E-state index in [9.17, 15) is 19.3 Å². The van der Waals surface area contributed by atoms with E-state index in [0.29, 0.717) is 5.56 Å². The highest BCUT2D eigenvalue weighted by atomic mass is 31.2. The summed E-state index contributed by atoms with van der Waals surface area (Å²) < 4.78 is 15.3. The molecule has 0 saturated heterocycles. The lowest BCUT2D eigenvalue weighted by atomic mass is 10.1. The number of allylic oxidation sites excluding steroid dienone is 9. The van der Waals surface area contributed by atoms with Gasteiger partial charge in [0, 0.05) is 12.5 Å². The molecule has 0 aliphatic carbocycles. The molecule has 9 heteroatoms. The summed E-state index contributed by atoms with van der Waals surface area (Å²) in [6.45, 7) is 2.23. The minimum absolute atomic E-state index is 0.0104. The van der Waals surface area contributed by atoms with E-state index in [1.807, 2.05) is 30.4 Å². The second-order valence-corrected chi connectivity index (χ2v) is 9.85. The van der Waals surface area contributed by atoms with Crippen LogP contribution >= 0.6 is 7.82 Å². The number of phosphoric ester groups is 1. The van der Waals surface area contributed by atoms with Gasteiger partial charge in [-0.2, -0.15) is 0 Å². The monoisotopic (exact) mass is 545 g/mol. The van der Waals surface area contributed by atoms with Crippen molar-refractivity contribution < 1.29 is 33.6 Å². The summed E-state index contributed by atoms with van der Waals surface area (Å²) in [6.07, 6.45) is 28.2. The quantitative estimate of drug-likeness (QED) is 0.0705. The smallest absolute Gasteiger partial charge is 0.480 e. The van der Waals surface area contributed by atoms with Crippen LogP contribution in [0, 0.1) is 0 Å². The molecular formula is C29H40NO7P. The zero-order valence-electron chi connectivity index (χ0n) is 21.9. The third-order valence-electron chi connectivity index (χ3n) is 5.34. The molecular weight excluding hydrogens is 505 g/mol. The maximum Gasteiger partial charge on any atom is 0.524 e. The zero-order chi connectivity index (χ0) is 28.1. The number of unbranched alkanes of at least 4 members (excludes halogenated alkanes) is 7. The number of carboxylic acids is 1. The van der Waals surface area contributed by atoms with E-state index < -0.39 is 25.7 Å². The van der Waals surface area contributed by atoms with Gasteiger partial charge in [-0.25, -0.2) is 9.36 Å². The van der Waals surface area contributed by atoms with Crippen molar-refractivity contribution in [2.45, 2.75) is 70.8 Å². The van der Waals surface area contributed by atoms with E-state index in [4.69, 9.17) is 9.79 Å². The highest BCUT2D eigenvalue weighted by molar-refractivity contribution is 7.46. The number of nitrogens with one attached hydrogen (secondary N) is 1. The summed E-state index contributed by atoms with van der Waals surface area (Å²) in [7, 11) is -4.67. The first-order chi connectivity index (χ1) is 18.2. The van der Waals surface area contributed by atoms with Crippen LogP contribution in [-0.4, -0.2) is 32.8 Å². The molecule has 0 radical (unpaired) electrons. The maximum absolute atomic E-state index is 12.1. The van der Waals surface area contributed by atoms with Gasteiger partial charge in [0.05, 0.1) is 0 Å². The van der Waals surface area contributed by atoms with E-state index in [1.165, 1.54) is 81.4 Å². The number of carboxylic acid groups (broad SMARTS) is 1. The average molecular weight is 546 g/mol. The Bertz CT molecular complexity index is 1020. The summed E-state index contributed by atoms with van der Waals surface area (Å²) in [6, 6.07) is 4.40. The lowest BCUT2D eigenvalue weighted by Gasteiger charge is -2.14. The summed E-state index contributed by atoms with van der Waals surface area (Å²) in [5.74, 6) is -1.81. The lowest BCUT2D eigenvalue weighted by molar-refractivity contribution is -0.141. The number of aliphatic carboxylic acids is 1. The van der Waals surface area contributed by atoms with Gasteiger partial charge in [-0.1, -0.05) is 112 Å². The molecule has 1 atom stereocenters. The van der Waals surface area contributed by atoms with Crippen molar-refractivity contribution in [3.05, 3.63) is 90.6 Å². The minimum atomic E-state index is -4.67. The first kappa shape index (κ1) is 32.8. The Hall–Kier alpha value is -3.19. The van der Waals surface area contributed by atoms with Gasteiger partial charge in [-0.05, 0) is 30.5 Å². The van der Waals surface area contributed by atoms with Crippen molar-refractivity contribution in [3.8, 4) is 5.75 Å². The molecule has 4 N–H and O–H groups in total. The highest BCUT2D eigenvalue weighted by Crippen LogP contribution is 2.37. The van der Waals surface area contributed by atoms with Gasteiger partial charge in [0.25, 0.3) is 0 Å². The number of carbonyl (C=O) groups is 2. The molecule has 0 aliphatic rings. The van der Waals surface area contributed by atoms with Gasteiger partial charge < -0.3 is 14.9 Å². The van der Waals surface area contributed by atoms with Gasteiger partial charge in [0.1, 0.15) is 11.8 Å². The number of rotatable bonds is 19. The fraction of sp³-hybridized carbons (Fsp3) is 0.379. The third kappa shape index (κ3) is 18.1. The molecule has 208 valence electrons. The summed E-state index contributed by atoms with van der Waals surface area (Å²) in [5, 5.41) is 11.8. The minimum Gasteiger partial charge on any atom is -0.480 e. The molecule has 1 aromatic carbocycles. The zero-order valence-corrected chi connectivity index (χ0v) is 22.8. The predicted molar refractivity (Wildman–Crippen MR) is 151 cm³/mol. The molecule has 0 unspecified atom stereocenters. The van der Waals surface area contributed by atoms with E-state index in [2.05, 4.69) is 22.8 Å². The molecule has 0 aliphatic heterocycles. The van der Waals surface area contributed by atoms with Crippen molar-refractivity contribution in [2.24, 2.45) is 0 Å². The van der Waals surface area contributed by atoms with Crippen LogP contribution in [0.25, 0.3) is 0 Å². The van der Waals surface area contributed by atoms with Crippen LogP contribution in [0.2, 0.25) is 0 Å². The Kier molecular flexibility index (Phi) is 17.2. The lowest BCUT2D eigenvalue weighted by Crippen LogP contribution is -2.41. The van der Waals surface area contributed by atoms with Gasteiger partial charge in [0.2, 0.25) is 5.91 Å². The topological polar surface area (TPSA) is 133 Å². The fourth-order valence-corrected chi connectivity index (χ4v) is 3.80. The van der Waals surface area contributed by atoms with Crippen LogP contribution in [0.3, 0.4) is 0 Å². The predicted octanol–water partition coefficient (Wildman–Crippen LogP) is 6.19. The number of benzene rings is 1. The molecule has 0 spiro atoms. The number of hydrogen-bond acceptors (Lipinski definition) is 4. The number of amides is 1. The molecule has 1 amide bonds. The second kappa shape index (κ2) is 19.9. The first-order valence-corrected chi connectivity index (χ1v) is 14.4. The van der Waals surface area contributed by atoms with Gasteiger partial charge in [-0.15, -0.1) is 0 Å². The Morgan fingerprint density at radius 3 is 2.00 bits per heavy atom. The fourth-order valence-electron chi connectivity index (χ4n) is 3.40. The average Bonchev–Trinajstić information content (AvgIpc) is 2.85. The Balaban J connectivity index is 2.33. The van der Waals surface area contributed by atoms with Gasteiger partial charge in [0.15, 0.2) is 0 Å². The Labute approximate surface area is 225 Å². The standard InChI is InChI=1S/C29H40NO7P/c1-2-3-4-5-6-7-8-9-10-11-12-13-14-15-16-17-18-19-28(31)30-27(29(32)33)24-25-20-22-26(23-21-25)37-38(34,35)36/h10-23,27H,2-9,24H2,1H3,(H,30,31)(H,32,33)(H2,34,35,36)/b11-10+,13-12+,15-14+,17-16+,19-18+/t27-/m0/s1. The van der Waals surface area contributed by atoms with E-state index in [0.717, 1.165) is 6.42 Å². The number of carbonyl (C=O) groups excluding carboxylic acids is 1. The van der Waals surface area contributed by atoms with Crippen LogP contribution in [0.1, 0.15) is 63.9 Å². The van der Waals surface area contributed by atoms with Crippen LogP contribution in [-0.2, 0) is 20.6 Å². The molecule has 1 aromatic rings. The van der Waals surface area contributed by atoms with Crippen molar-refractivity contribution >= 4 is 19.7 Å². The van der Waals surface area contributed by atoms with E-state index in [-0.39, 0.29) is 12.2 Å². The normalized spacial score (nSPS) is 13.3. The van der Waals surface area contributed by atoms with Crippen molar-refractivity contribution in [3.63, 3.8) is 0 Å². The first-order valence-electron chi connectivity index (χ1n) is 12.9. The number of phosphoric acid groups is 1. The molecule has 0 saturated carbocycles. The highest BCUT2D eigenvalue weighted by Gasteiger charge is 2.20. The second-order valence-electron chi connectivity index (χ2n) is 8.68. The molecule has 0 bridgehead atoms. The van der Waals surface area contributed by atoms with Crippen LogP contribution in [0.4, 0.5) is 0 Å². The molecule has 38 heavy (non-hydrogen) atoms. The maximum atomic E-state index is 12.1. The molecule has 8 nitrogen and oxygen atoms in total. The van der Waals surface area contributed by atoms with Gasteiger partial charge in [-0.3, -0.25) is 14.6 Å². The SMILES string of the molecule is CCCCCCCCC/C=C/C=C/C=C/C=C/C=C/C(=O)N[C@@H](Cc1ccc(OP(=O)(O)O)cc1)C(=O)O. The van der Waals surface area contributed by atoms with Crippen LogP contribution in [0.5, 0.6) is 5.75 Å². The third-order valence-corrected chi connectivity index (χ3v) is 5.79. The molecule has 1 rings (SSSR count). The molecule has 0 aromatic heterocycles. The van der Waals surface area contributed by atoms with Gasteiger partial charge >= 0.3 is 13.8 Å². The van der Waals surface area contributed by atoms with E-state index >= 15 is 0 Å². The van der Waals surface area contributed by atoms with Crippen LogP contribution in [0.15, 0.2) is 85.0 Å². The van der Waals surface area contributed by atoms with Crippen molar-refractivity contribution in [1.29, 1.82) is 0 Å². The van der Waals surface area contributed by atoms with Crippen LogP contribution < -0.4 is 9.84 Å². The van der Waals surface area contributed by atoms with Crippen molar-refractivity contribution in [1.82, 2.24) is 5.32 Å².